The molecule has 0 atom stereocenters. The molecule has 23 heavy (non-hydrogen) atoms. The molecule has 0 spiro atoms. The van der Waals surface area contributed by atoms with Crippen LogP contribution in [0.3, 0.4) is 0 Å². The highest BCUT2D eigenvalue weighted by atomic mass is 16.5. The number of para-hydroxylation sites is 1. The molecule has 2 N–H and O–H groups in total. The highest BCUT2D eigenvalue weighted by Crippen LogP contribution is 2.16. The molecule has 0 unspecified atom stereocenters. The third kappa shape index (κ3) is 5.33. The minimum absolute atomic E-state index is 0.213. The lowest BCUT2D eigenvalue weighted by molar-refractivity contribution is 0.247. The molecule has 4 heteroatoms. The predicted molar refractivity (Wildman–Crippen MR) is 94.3 cm³/mol. The second kappa shape index (κ2) is 8.22. The average molecular weight is 312 g/mol. The Morgan fingerprint density at radius 3 is 2.48 bits per heavy atom. The number of nitrogens with one attached hydrogen (secondary N) is 2. The molecule has 0 aliphatic rings. The molecule has 0 radical (unpaired) electrons. The van der Waals surface area contributed by atoms with Crippen LogP contribution in [0.25, 0.3) is 0 Å². The highest BCUT2D eigenvalue weighted by Gasteiger charge is 2.04. The molecule has 4 nitrogen and oxygen atoms in total. The van der Waals surface area contributed by atoms with Crippen LogP contribution in [0.4, 0.5) is 10.5 Å². The zero-order valence-electron chi connectivity index (χ0n) is 14.0. The summed E-state index contributed by atoms with van der Waals surface area (Å²) < 4.78 is 5.67. The first-order valence-corrected chi connectivity index (χ1v) is 7.92. The first-order chi connectivity index (χ1) is 11.1. The minimum Gasteiger partial charge on any atom is -0.492 e. The molecule has 0 bridgehead atoms. The van der Waals surface area contributed by atoms with Crippen molar-refractivity contribution in [1.29, 1.82) is 0 Å². The van der Waals surface area contributed by atoms with Gasteiger partial charge in [0, 0.05) is 5.69 Å². The summed E-state index contributed by atoms with van der Waals surface area (Å²) in [5.41, 5.74) is 4.31. The van der Waals surface area contributed by atoms with E-state index in [1.807, 2.05) is 50.2 Å². The van der Waals surface area contributed by atoms with E-state index in [9.17, 15) is 4.79 Å². The van der Waals surface area contributed by atoms with Gasteiger partial charge in [-0.05, 0) is 55.2 Å². The number of amides is 2. The molecule has 0 aliphatic carbocycles. The SMILES string of the molecule is CCc1ccccc1NC(=O)NCCOc1cc(C)cc(C)c1. The van der Waals surface area contributed by atoms with Crippen molar-refractivity contribution in [2.45, 2.75) is 27.2 Å². The van der Waals surface area contributed by atoms with E-state index in [2.05, 4.69) is 23.6 Å². The van der Waals surface area contributed by atoms with Gasteiger partial charge in [0.05, 0.1) is 6.54 Å². The summed E-state index contributed by atoms with van der Waals surface area (Å²) in [6, 6.07) is 13.7. The third-order valence-corrected chi connectivity index (χ3v) is 3.50. The standard InChI is InChI=1S/C19H24N2O2/c1-4-16-7-5-6-8-18(16)21-19(22)20-9-10-23-17-12-14(2)11-15(3)13-17/h5-8,11-13H,4,9-10H2,1-3H3,(H2,20,21,22). The van der Waals surface area contributed by atoms with Crippen LogP contribution >= 0.6 is 0 Å². The van der Waals surface area contributed by atoms with Gasteiger partial charge in [-0.3, -0.25) is 0 Å². The Balaban J connectivity index is 1.76. The lowest BCUT2D eigenvalue weighted by Crippen LogP contribution is -2.32. The van der Waals surface area contributed by atoms with Gasteiger partial charge < -0.3 is 15.4 Å². The van der Waals surface area contributed by atoms with Gasteiger partial charge in [-0.1, -0.05) is 31.2 Å². The molecular weight excluding hydrogens is 288 g/mol. The van der Waals surface area contributed by atoms with Crippen LogP contribution in [0.2, 0.25) is 0 Å². The summed E-state index contributed by atoms with van der Waals surface area (Å²) in [7, 11) is 0. The molecule has 0 saturated carbocycles. The van der Waals surface area contributed by atoms with Crippen LogP contribution in [-0.4, -0.2) is 19.2 Å². The van der Waals surface area contributed by atoms with Crippen molar-refractivity contribution in [3.63, 3.8) is 0 Å². The van der Waals surface area contributed by atoms with Gasteiger partial charge in [0.2, 0.25) is 0 Å². The minimum atomic E-state index is -0.213. The van der Waals surface area contributed by atoms with Gasteiger partial charge >= 0.3 is 6.03 Å². The lowest BCUT2D eigenvalue weighted by Gasteiger charge is -2.12. The van der Waals surface area contributed by atoms with Crippen molar-refractivity contribution in [2.24, 2.45) is 0 Å². The number of urea groups is 1. The Bertz CT molecular complexity index is 648. The summed E-state index contributed by atoms with van der Waals surface area (Å²) in [6.07, 6.45) is 0.881. The van der Waals surface area contributed by atoms with E-state index in [-0.39, 0.29) is 6.03 Å². The monoisotopic (exact) mass is 312 g/mol. The van der Waals surface area contributed by atoms with E-state index in [0.717, 1.165) is 23.4 Å². The Labute approximate surface area is 137 Å². The summed E-state index contributed by atoms with van der Waals surface area (Å²) in [5.74, 6) is 0.834. The molecular formula is C19H24N2O2. The normalized spacial score (nSPS) is 10.2. The second-order valence-corrected chi connectivity index (χ2v) is 5.56. The van der Waals surface area contributed by atoms with E-state index in [0.29, 0.717) is 13.2 Å². The van der Waals surface area contributed by atoms with Crippen molar-refractivity contribution in [1.82, 2.24) is 5.32 Å². The van der Waals surface area contributed by atoms with Gasteiger partial charge in [-0.2, -0.15) is 0 Å². The van der Waals surface area contributed by atoms with Crippen LogP contribution in [-0.2, 0) is 6.42 Å². The molecule has 0 aromatic heterocycles. The first kappa shape index (κ1) is 16.9. The van der Waals surface area contributed by atoms with Gasteiger partial charge in [0.1, 0.15) is 12.4 Å². The zero-order valence-corrected chi connectivity index (χ0v) is 14.0. The number of carbonyl (C=O) groups is 1. The number of aryl methyl sites for hydroxylation is 3. The van der Waals surface area contributed by atoms with Crippen molar-refractivity contribution >= 4 is 11.7 Å². The summed E-state index contributed by atoms with van der Waals surface area (Å²) in [4.78, 5) is 11.9. The topological polar surface area (TPSA) is 50.4 Å². The molecule has 2 amide bonds. The molecule has 0 aliphatic heterocycles. The fraction of sp³-hybridized carbons (Fsp3) is 0.316. The first-order valence-electron chi connectivity index (χ1n) is 7.92. The van der Waals surface area contributed by atoms with Gasteiger partial charge in [-0.15, -0.1) is 0 Å². The summed E-state index contributed by atoms with van der Waals surface area (Å²) in [6.45, 7) is 7.03. The predicted octanol–water partition coefficient (Wildman–Crippen LogP) is 4.07. The van der Waals surface area contributed by atoms with E-state index in [4.69, 9.17) is 4.74 Å². The highest BCUT2D eigenvalue weighted by molar-refractivity contribution is 5.90. The Morgan fingerprint density at radius 1 is 1.09 bits per heavy atom. The number of ether oxygens (including phenoxy) is 1. The van der Waals surface area contributed by atoms with Gasteiger partial charge in [0.25, 0.3) is 0 Å². The number of rotatable bonds is 6. The molecule has 122 valence electrons. The number of hydrogen-bond acceptors (Lipinski definition) is 2. The maximum atomic E-state index is 11.9. The number of hydrogen-bond donors (Lipinski definition) is 2. The fourth-order valence-corrected chi connectivity index (χ4v) is 2.47. The Kier molecular flexibility index (Phi) is 6.03. The third-order valence-electron chi connectivity index (χ3n) is 3.50. The molecule has 2 aromatic carbocycles. The number of anilines is 1. The van der Waals surface area contributed by atoms with E-state index < -0.39 is 0 Å². The fourth-order valence-electron chi connectivity index (χ4n) is 2.47. The molecule has 2 aromatic rings. The molecule has 2 rings (SSSR count). The lowest BCUT2D eigenvalue weighted by atomic mass is 10.1. The maximum Gasteiger partial charge on any atom is 0.319 e. The van der Waals surface area contributed by atoms with E-state index >= 15 is 0 Å². The summed E-state index contributed by atoms with van der Waals surface area (Å²) in [5, 5.41) is 5.68. The van der Waals surface area contributed by atoms with Crippen molar-refractivity contribution in [3.05, 3.63) is 59.2 Å². The van der Waals surface area contributed by atoms with Crippen molar-refractivity contribution in [3.8, 4) is 5.75 Å². The van der Waals surface area contributed by atoms with E-state index in [1.54, 1.807) is 0 Å². The Hall–Kier alpha value is -2.49. The molecule has 0 fully saturated rings. The van der Waals surface area contributed by atoms with Gasteiger partial charge in [0.15, 0.2) is 0 Å². The number of carbonyl (C=O) groups excluding carboxylic acids is 1. The van der Waals surface area contributed by atoms with Crippen LogP contribution in [0, 0.1) is 13.8 Å². The van der Waals surface area contributed by atoms with Gasteiger partial charge in [-0.25, -0.2) is 4.79 Å². The number of benzene rings is 2. The quantitative estimate of drug-likeness (QED) is 0.790. The second-order valence-electron chi connectivity index (χ2n) is 5.56. The average Bonchev–Trinajstić information content (AvgIpc) is 2.51. The van der Waals surface area contributed by atoms with Crippen LogP contribution in [0.1, 0.15) is 23.6 Å². The maximum absolute atomic E-state index is 11.9. The van der Waals surface area contributed by atoms with Crippen LogP contribution in [0.5, 0.6) is 5.75 Å². The van der Waals surface area contributed by atoms with Crippen LogP contribution in [0.15, 0.2) is 42.5 Å². The van der Waals surface area contributed by atoms with Crippen molar-refractivity contribution in [2.75, 3.05) is 18.5 Å². The smallest absolute Gasteiger partial charge is 0.319 e. The Morgan fingerprint density at radius 2 is 1.78 bits per heavy atom. The van der Waals surface area contributed by atoms with E-state index in [1.165, 1.54) is 11.1 Å². The molecule has 0 heterocycles. The summed E-state index contributed by atoms with van der Waals surface area (Å²) >= 11 is 0. The van der Waals surface area contributed by atoms with Crippen molar-refractivity contribution < 1.29 is 9.53 Å². The zero-order chi connectivity index (χ0) is 16.7. The van der Waals surface area contributed by atoms with Crippen LogP contribution < -0.4 is 15.4 Å². The molecule has 0 saturated heterocycles. The largest absolute Gasteiger partial charge is 0.492 e.